The number of nitrogens with one attached hydrogen (secondary N) is 1. The van der Waals surface area contributed by atoms with E-state index < -0.39 is 11.9 Å². The molecular formula is C14H22N4O2S. The molecule has 0 radical (unpaired) electrons. The molecule has 1 aromatic rings. The molecule has 0 aliphatic carbocycles. The van der Waals surface area contributed by atoms with E-state index in [1.165, 1.54) is 0 Å². The minimum atomic E-state index is -0.628. The first kappa shape index (κ1) is 15.9. The van der Waals surface area contributed by atoms with Crippen LogP contribution in [-0.2, 0) is 17.8 Å². The summed E-state index contributed by atoms with van der Waals surface area (Å²) >= 11 is 1.62. The molecule has 0 fully saturated rings. The second kappa shape index (κ2) is 6.98. The summed E-state index contributed by atoms with van der Waals surface area (Å²) in [6.07, 6.45) is 6.07. The highest BCUT2D eigenvalue weighted by atomic mass is 32.2. The molecule has 1 aliphatic rings. The molecule has 7 heteroatoms. The van der Waals surface area contributed by atoms with Gasteiger partial charge in [-0.15, -0.1) is 0 Å². The third-order valence-electron chi connectivity index (χ3n) is 3.79. The fourth-order valence-corrected chi connectivity index (χ4v) is 3.00. The Bertz CT molecular complexity index is 529. The van der Waals surface area contributed by atoms with Crippen molar-refractivity contribution in [2.24, 2.45) is 11.7 Å². The van der Waals surface area contributed by atoms with E-state index in [-0.39, 0.29) is 5.91 Å². The van der Waals surface area contributed by atoms with Crippen LogP contribution in [0.4, 0.5) is 0 Å². The maximum atomic E-state index is 12.4. The van der Waals surface area contributed by atoms with Gasteiger partial charge in [-0.2, -0.15) is 11.8 Å². The van der Waals surface area contributed by atoms with Crippen molar-refractivity contribution < 1.29 is 9.59 Å². The molecule has 0 aromatic carbocycles. The minimum absolute atomic E-state index is 0.271. The number of primary amides is 1. The number of imidazole rings is 1. The van der Waals surface area contributed by atoms with Crippen LogP contribution in [0.5, 0.6) is 0 Å². The van der Waals surface area contributed by atoms with Gasteiger partial charge in [0.05, 0.1) is 6.20 Å². The van der Waals surface area contributed by atoms with Crippen LogP contribution in [0, 0.1) is 5.92 Å². The van der Waals surface area contributed by atoms with Crippen molar-refractivity contribution in [3.63, 3.8) is 0 Å². The fraction of sp³-hybridized carbons (Fsp3) is 0.643. The summed E-state index contributed by atoms with van der Waals surface area (Å²) < 4.78 is 1.95. The Kier molecular flexibility index (Phi) is 5.27. The van der Waals surface area contributed by atoms with Crippen molar-refractivity contribution in [3.8, 4) is 0 Å². The van der Waals surface area contributed by atoms with E-state index in [1.807, 2.05) is 10.8 Å². The van der Waals surface area contributed by atoms with Crippen LogP contribution in [0.2, 0.25) is 0 Å². The molecule has 1 unspecified atom stereocenters. The smallest absolute Gasteiger partial charge is 0.270 e. The van der Waals surface area contributed by atoms with Gasteiger partial charge in [0, 0.05) is 13.0 Å². The molecule has 0 bridgehead atoms. The predicted molar refractivity (Wildman–Crippen MR) is 83.2 cm³/mol. The van der Waals surface area contributed by atoms with Crippen LogP contribution in [-0.4, -0.2) is 39.4 Å². The van der Waals surface area contributed by atoms with E-state index in [0.29, 0.717) is 18.0 Å². The fourth-order valence-electron chi connectivity index (χ4n) is 2.53. The first-order chi connectivity index (χ1) is 10.0. The van der Waals surface area contributed by atoms with Gasteiger partial charge < -0.3 is 15.6 Å². The summed E-state index contributed by atoms with van der Waals surface area (Å²) in [6.45, 7) is 2.96. The monoisotopic (exact) mass is 310 g/mol. The van der Waals surface area contributed by atoms with Gasteiger partial charge in [0.25, 0.3) is 5.91 Å². The molecule has 2 atom stereocenters. The lowest BCUT2D eigenvalue weighted by atomic mass is 10.0. The number of nitrogens with two attached hydrogens (primary N) is 1. The summed E-state index contributed by atoms with van der Waals surface area (Å²) in [7, 11) is 0. The second-order valence-electron chi connectivity index (χ2n) is 5.52. The van der Waals surface area contributed by atoms with E-state index in [1.54, 1.807) is 18.0 Å². The highest BCUT2D eigenvalue weighted by molar-refractivity contribution is 7.98. The Morgan fingerprint density at radius 3 is 3.05 bits per heavy atom. The maximum Gasteiger partial charge on any atom is 0.270 e. The summed E-state index contributed by atoms with van der Waals surface area (Å²) in [5, 5.41) is 2.73. The zero-order valence-corrected chi connectivity index (χ0v) is 13.3. The van der Waals surface area contributed by atoms with Crippen molar-refractivity contribution in [1.29, 1.82) is 0 Å². The third-order valence-corrected chi connectivity index (χ3v) is 4.43. The van der Waals surface area contributed by atoms with Crippen LogP contribution >= 0.6 is 11.8 Å². The molecule has 0 spiro atoms. The summed E-state index contributed by atoms with van der Waals surface area (Å²) in [5.41, 5.74) is 5.87. The van der Waals surface area contributed by atoms with Crippen molar-refractivity contribution in [2.75, 3.05) is 12.0 Å². The molecule has 0 saturated heterocycles. The largest absolute Gasteiger partial charge is 0.368 e. The lowest BCUT2D eigenvalue weighted by molar-refractivity contribution is -0.119. The number of nitrogens with zero attached hydrogens (tertiary/aromatic N) is 2. The van der Waals surface area contributed by atoms with E-state index in [0.717, 1.165) is 31.0 Å². The molecule has 21 heavy (non-hydrogen) atoms. The lowest BCUT2D eigenvalue weighted by Crippen LogP contribution is -2.45. The topological polar surface area (TPSA) is 90.0 Å². The van der Waals surface area contributed by atoms with E-state index in [9.17, 15) is 9.59 Å². The average Bonchev–Trinajstić information content (AvgIpc) is 2.85. The van der Waals surface area contributed by atoms with Crippen LogP contribution in [0.1, 0.15) is 36.1 Å². The van der Waals surface area contributed by atoms with Crippen LogP contribution in [0.25, 0.3) is 0 Å². The summed E-state index contributed by atoms with van der Waals surface area (Å²) in [6, 6.07) is -0.628. The van der Waals surface area contributed by atoms with Crippen LogP contribution in [0.3, 0.4) is 0 Å². The molecule has 2 heterocycles. The van der Waals surface area contributed by atoms with Crippen molar-refractivity contribution in [3.05, 3.63) is 17.7 Å². The molecule has 116 valence electrons. The number of thioether (sulfide) groups is 1. The first-order valence-corrected chi connectivity index (χ1v) is 8.55. The van der Waals surface area contributed by atoms with Gasteiger partial charge in [0.1, 0.15) is 17.6 Å². The number of fused-ring (bicyclic) bond motifs is 1. The van der Waals surface area contributed by atoms with Gasteiger partial charge >= 0.3 is 0 Å². The molecule has 2 amide bonds. The number of amides is 2. The quantitative estimate of drug-likeness (QED) is 0.813. The minimum Gasteiger partial charge on any atom is -0.368 e. The normalized spacial score (nSPS) is 18.9. The molecular weight excluding hydrogens is 288 g/mol. The first-order valence-electron chi connectivity index (χ1n) is 7.16. The SMILES string of the molecule is CSCC[C@H](NC(=O)c1cnc2n1CC(C)CC2)C(N)=O. The molecule has 6 nitrogen and oxygen atoms in total. The molecule has 0 saturated carbocycles. The molecule has 2 rings (SSSR count). The highest BCUT2D eigenvalue weighted by Gasteiger charge is 2.25. The predicted octanol–water partition coefficient (Wildman–Crippen LogP) is 0.802. The zero-order valence-electron chi connectivity index (χ0n) is 12.5. The van der Waals surface area contributed by atoms with Crippen LogP contribution < -0.4 is 11.1 Å². The standard InChI is InChI=1S/C14H22N4O2S/c1-9-3-4-12-16-7-11(18(12)8-9)14(20)17-10(13(15)19)5-6-21-2/h7,9-10H,3-6,8H2,1-2H3,(H2,15,19)(H,17,20)/t9?,10-/m0/s1. The summed E-state index contributed by atoms with van der Waals surface area (Å²) in [4.78, 5) is 28.1. The molecule has 3 N–H and O–H groups in total. The number of hydrogen-bond acceptors (Lipinski definition) is 4. The van der Waals surface area contributed by atoms with Gasteiger partial charge in [-0.1, -0.05) is 6.92 Å². The average molecular weight is 310 g/mol. The number of rotatable bonds is 6. The van der Waals surface area contributed by atoms with Crippen LogP contribution in [0.15, 0.2) is 6.20 Å². The Balaban J connectivity index is 2.09. The van der Waals surface area contributed by atoms with Gasteiger partial charge in [0.15, 0.2) is 0 Å². The zero-order chi connectivity index (χ0) is 15.4. The van der Waals surface area contributed by atoms with E-state index >= 15 is 0 Å². The number of carbonyl (C=O) groups is 2. The maximum absolute atomic E-state index is 12.4. The van der Waals surface area contributed by atoms with Crippen molar-refractivity contribution >= 4 is 23.6 Å². The number of carbonyl (C=O) groups excluding carboxylic acids is 2. The Morgan fingerprint density at radius 2 is 2.38 bits per heavy atom. The van der Waals surface area contributed by atoms with Gasteiger partial charge in [-0.25, -0.2) is 4.98 Å². The third kappa shape index (κ3) is 3.78. The number of hydrogen-bond donors (Lipinski definition) is 2. The van der Waals surface area contributed by atoms with Gasteiger partial charge in [0.2, 0.25) is 5.91 Å². The van der Waals surface area contributed by atoms with E-state index in [2.05, 4.69) is 17.2 Å². The number of aryl methyl sites for hydroxylation is 1. The van der Waals surface area contributed by atoms with E-state index in [4.69, 9.17) is 5.73 Å². The van der Waals surface area contributed by atoms with Crippen molar-refractivity contribution in [1.82, 2.24) is 14.9 Å². The second-order valence-corrected chi connectivity index (χ2v) is 6.51. The Morgan fingerprint density at radius 1 is 1.62 bits per heavy atom. The Hall–Kier alpha value is -1.50. The molecule has 1 aliphatic heterocycles. The highest BCUT2D eigenvalue weighted by Crippen LogP contribution is 2.20. The van der Waals surface area contributed by atoms with Gasteiger partial charge in [-0.05, 0) is 30.8 Å². The lowest BCUT2D eigenvalue weighted by Gasteiger charge is -2.22. The van der Waals surface area contributed by atoms with Crippen molar-refractivity contribution in [2.45, 2.75) is 38.8 Å². The summed E-state index contributed by atoms with van der Waals surface area (Å²) in [5.74, 6) is 1.48. The Labute approximate surface area is 128 Å². The van der Waals surface area contributed by atoms with Gasteiger partial charge in [-0.3, -0.25) is 9.59 Å². The molecule has 1 aromatic heterocycles. The number of aromatic nitrogens is 2.